The van der Waals surface area contributed by atoms with Crippen molar-refractivity contribution in [1.82, 2.24) is 19.9 Å². The average molecular weight is 330 g/mol. The van der Waals surface area contributed by atoms with E-state index >= 15 is 0 Å². The molecule has 0 radical (unpaired) electrons. The van der Waals surface area contributed by atoms with Gasteiger partial charge in [0.1, 0.15) is 11.6 Å². The molecule has 0 aliphatic rings. The molecule has 7 heteroatoms. The van der Waals surface area contributed by atoms with Crippen molar-refractivity contribution in [3.63, 3.8) is 0 Å². The lowest BCUT2D eigenvalue weighted by Crippen LogP contribution is -2.27. The number of carbonyl (C=O) groups is 1. The highest BCUT2D eigenvalue weighted by molar-refractivity contribution is 6.31. The van der Waals surface area contributed by atoms with Crippen molar-refractivity contribution in [2.75, 3.05) is 19.4 Å². The van der Waals surface area contributed by atoms with Gasteiger partial charge in [0.25, 0.3) is 5.91 Å². The topological polar surface area (TPSA) is 73.9 Å². The van der Waals surface area contributed by atoms with Crippen LogP contribution in [0.1, 0.15) is 16.2 Å². The number of rotatable bonds is 4. The maximum atomic E-state index is 12.6. The first-order valence-electron chi connectivity index (χ1n) is 7.11. The van der Waals surface area contributed by atoms with Gasteiger partial charge in [-0.2, -0.15) is 0 Å². The Bertz CT molecular complexity index is 861. The zero-order valence-corrected chi connectivity index (χ0v) is 13.6. The molecule has 23 heavy (non-hydrogen) atoms. The predicted molar refractivity (Wildman–Crippen MR) is 90.7 cm³/mol. The van der Waals surface area contributed by atoms with Gasteiger partial charge in [0.2, 0.25) is 0 Å². The summed E-state index contributed by atoms with van der Waals surface area (Å²) in [5.41, 5.74) is 2.20. The fourth-order valence-electron chi connectivity index (χ4n) is 2.39. The molecule has 0 spiro atoms. The first-order chi connectivity index (χ1) is 11.1. The van der Waals surface area contributed by atoms with Gasteiger partial charge in [-0.1, -0.05) is 11.6 Å². The summed E-state index contributed by atoms with van der Waals surface area (Å²) in [7, 11) is 3.47. The van der Waals surface area contributed by atoms with Crippen molar-refractivity contribution in [2.45, 2.75) is 6.54 Å². The Morgan fingerprint density at radius 1 is 1.39 bits per heavy atom. The molecule has 3 rings (SSSR count). The van der Waals surface area contributed by atoms with Crippen LogP contribution in [0.2, 0.25) is 5.02 Å². The van der Waals surface area contributed by atoms with Gasteiger partial charge in [0.05, 0.1) is 23.1 Å². The molecule has 0 atom stereocenters. The molecule has 0 fully saturated rings. The summed E-state index contributed by atoms with van der Waals surface area (Å²) in [4.78, 5) is 26.0. The summed E-state index contributed by atoms with van der Waals surface area (Å²) in [5.74, 6) is 1.13. The molecule has 3 aromatic rings. The molecule has 2 aromatic heterocycles. The fourth-order valence-corrected chi connectivity index (χ4v) is 2.56. The number of amides is 1. The largest absolute Gasteiger partial charge is 0.372 e. The van der Waals surface area contributed by atoms with Crippen LogP contribution in [-0.4, -0.2) is 39.9 Å². The fraction of sp³-hybridized carbons (Fsp3) is 0.188. The van der Waals surface area contributed by atoms with E-state index in [1.54, 1.807) is 43.4 Å². The molecule has 0 saturated carbocycles. The lowest BCUT2D eigenvalue weighted by Gasteiger charge is -2.17. The minimum Gasteiger partial charge on any atom is -0.372 e. The number of halogens is 1. The van der Waals surface area contributed by atoms with Gasteiger partial charge in [-0.15, -0.1) is 0 Å². The van der Waals surface area contributed by atoms with Crippen LogP contribution >= 0.6 is 11.6 Å². The number of aromatic nitrogens is 3. The van der Waals surface area contributed by atoms with Gasteiger partial charge in [0, 0.05) is 25.3 Å². The molecule has 118 valence electrons. The van der Waals surface area contributed by atoms with E-state index in [9.17, 15) is 4.79 Å². The number of aromatic amines is 1. The van der Waals surface area contributed by atoms with E-state index in [1.807, 2.05) is 12.1 Å². The van der Waals surface area contributed by atoms with Crippen LogP contribution in [0.25, 0.3) is 11.0 Å². The Balaban J connectivity index is 1.82. The first-order valence-corrected chi connectivity index (χ1v) is 7.48. The molecule has 6 nitrogen and oxygen atoms in total. The molecule has 2 heterocycles. The van der Waals surface area contributed by atoms with Gasteiger partial charge in [-0.05, 0) is 30.3 Å². The van der Waals surface area contributed by atoms with Crippen molar-refractivity contribution in [1.29, 1.82) is 0 Å². The van der Waals surface area contributed by atoms with Crippen LogP contribution in [0.4, 0.5) is 5.82 Å². The summed E-state index contributed by atoms with van der Waals surface area (Å²) in [6.07, 6.45) is 1.64. The van der Waals surface area contributed by atoms with Crippen LogP contribution in [0, 0.1) is 0 Å². The van der Waals surface area contributed by atoms with Crippen molar-refractivity contribution in [3.05, 3.63) is 52.9 Å². The molecule has 0 aliphatic heterocycles. The molecular formula is C16H16ClN5O. The van der Waals surface area contributed by atoms with E-state index in [1.165, 1.54) is 0 Å². The number of nitrogens with zero attached hydrogens (tertiary/aromatic N) is 3. The van der Waals surface area contributed by atoms with Gasteiger partial charge >= 0.3 is 0 Å². The number of H-pyrrole nitrogens is 1. The predicted octanol–water partition coefficient (Wildman–Crippen LogP) is 2.93. The van der Waals surface area contributed by atoms with Crippen LogP contribution in [-0.2, 0) is 6.54 Å². The van der Waals surface area contributed by atoms with Crippen molar-refractivity contribution < 1.29 is 4.79 Å². The Hall–Kier alpha value is -2.60. The number of pyridine rings is 1. The molecule has 0 aliphatic carbocycles. The number of imidazole rings is 1. The van der Waals surface area contributed by atoms with Crippen LogP contribution in [0.15, 0.2) is 36.5 Å². The van der Waals surface area contributed by atoms with Crippen molar-refractivity contribution in [2.24, 2.45) is 0 Å². The minimum absolute atomic E-state index is 0.124. The third-order valence-electron chi connectivity index (χ3n) is 3.50. The second kappa shape index (κ2) is 6.26. The van der Waals surface area contributed by atoms with Crippen molar-refractivity contribution in [3.8, 4) is 0 Å². The molecule has 2 N–H and O–H groups in total. The van der Waals surface area contributed by atoms with Gasteiger partial charge < -0.3 is 15.2 Å². The number of hydrogen-bond donors (Lipinski definition) is 2. The number of hydrogen-bond acceptors (Lipinski definition) is 4. The van der Waals surface area contributed by atoms with E-state index in [-0.39, 0.29) is 5.91 Å². The third-order valence-corrected chi connectivity index (χ3v) is 3.74. The molecular weight excluding hydrogens is 314 g/mol. The van der Waals surface area contributed by atoms with E-state index in [4.69, 9.17) is 11.6 Å². The lowest BCUT2D eigenvalue weighted by atomic mass is 10.2. The molecule has 0 bridgehead atoms. The first kappa shape index (κ1) is 15.3. The highest BCUT2D eigenvalue weighted by Gasteiger charge is 2.17. The highest BCUT2D eigenvalue weighted by atomic mass is 35.5. The number of benzene rings is 1. The Kier molecular flexibility index (Phi) is 4.16. The van der Waals surface area contributed by atoms with Gasteiger partial charge in [0.15, 0.2) is 0 Å². The Labute approximate surface area is 138 Å². The maximum Gasteiger partial charge on any atom is 0.257 e. The molecule has 1 aromatic carbocycles. The van der Waals surface area contributed by atoms with Crippen LogP contribution in [0.3, 0.4) is 0 Å². The quantitative estimate of drug-likeness (QED) is 0.772. The zero-order valence-electron chi connectivity index (χ0n) is 12.8. The second-order valence-corrected chi connectivity index (χ2v) is 5.59. The number of fused-ring (bicyclic) bond motifs is 1. The number of nitrogens with one attached hydrogen (secondary N) is 2. The lowest BCUT2D eigenvalue weighted by molar-refractivity contribution is 0.0782. The average Bonchev–Trinajstić information content (AvgIpc) is 2.95. The summed E-state index contributed by atoms with van der Waals surface area (Å²) in [5, 5.41) is 3.57. The Morgan fingerprint density at radius 3 is 3.00 bits per heavy atom. The van der Waals surface area contributed by atoms with E-state index < -0.39 is 0 Å². The molecule has 0 saturated heterocycles. The summed E-state index contributed by atoms with van der Waals surface area (Å²) >= 11 is 5.97. The monoisotopic (exact) mass is 329 g/mol. The zero-order chi connectivity index (χ0) is 16.4. The van der Waals surface area contributed by atoms with Crippen LogP contribution < -0.4 is 5.32 Å². The molecule has 1 amide bonds. The molecule has 0 unspecified atom stereocenters. The highest BCUT2D eigenvalue weighted by Crippen LogP contribution is 2.19. The third kappa shape index (κ3) is 3.12. The second-order valence-electron chi connectivity index (χ2n) is 5.16. The number of carbonyl (C=O) groups excluding carboxylic acids is 1. The number of anilines is 1. The maximum absolute atomic E-state index is 12.6. The smallest absolute Gasteiger partial charge is 0.257 e. The van der Waals surface area contributed by atoms with Crippen LogP contribution in [0.5, 0.6) is 0 Å². The summed E-state index contributed by atoms with van der Waals surface area (Å²) in [6, 6.07) is 8.94. The summed E-state index contributed by atoms with van der Waals surface area (Å²) in [6.45, 7) is 0.364. The van der Waals surface area contributed by atoms with Gasteiger partial charge in [-0.25, -0.2) is 9.97 Å². The van der Waals surface area contributed by atoms with Crippen molar-refractivity contribution >= 4 is 34.4 Å². The SMILES string of the molecule is CNc1ncccc1C(=O)N(C)Cc1nc2ccc(Cl)cc2[nH]1. The van der Waals surface area contributed by atoms with Gasteiger partial charge in [-0.3, -0.25) is 4.79 Å². The Morgan fingerprint density at radius 2 is 2.22 bits per heavy atom. The standard InChI is InChI=1S/C16H16ClN5O/c1-18-15-11(4-3-7-19-15)16(23)22(2)9-14-20-12-6-5-10(17)8-13(12)21-14/h3-8H,9H2,1-2H3,(H,18,19)(H,20,21). The van der Waals surface area contributed by atoms with E-state index in [0.29, 0.717) is 28.8 Å². The van der Waals surface area contributed by atoms with E-state index in [2.05, 4.69) is 20.3 Å². The normalized spacial score (nSPS) is 10.7. The minimum atomic E-state index is -0.124. The summed E-state index contributed by atoms with van der Waals surface area (Å²) < 4.78 is 0. The van der Waals surface area contributed by atoms with E-state index in [0.717, 1.165) is 11.0 Å².